The lowest BCUT2D eigenvalue weighted by Crippen LogP contribution is -2.67. The fourth-order valence-electron chi connectivity index (χ4n) is 1.80. The van der Waals surface area contributed by atoms with Crippen LogP contribution in [0.25, 0.3) is 0 Å². The van der Waals surface area contributed by atoms with Crippen molar-refractivity contribution in [1.82, 2.24) is 15.5 Å². The van der Waals surface area contributed by atoms with E-state index in [1.165, 1.54) is 4.90 Å². The molecule has 20 heavy (non-hydrogen) atoms. The van der Waals surface area contributed by atoms with E-state index >= 15 is 0 Å². The van der Waals surface area contributed by atoms with E-state index in [0.717, 1.165) is 0 Å². The Morgan fingerprint density at radius 2 is 2.00 bits per heavy atom. The summed E-state index contributed by atoms with van der Waals surface area (Å²) in [4.78, 5) is 46.4. The molecule has 112 valence electrons. The van der Waals surface area contributed by atoms with Crippen molar-refractivity contribution in [3.63, 3.8) is 0 Å². The van der Waals surface area contributed by atoms with Crippen molar-refractivity contribution in [2.45, 2.75) is 38.6 Å². The van der Waals surface area contributed by atoms with Crippen LogP contribution < -0.4 is 10.6 Å². The van der Waals surface area contributed by atoms with E-state index < -0.39 is 29.4 Å². The Morgan fingerprint density at radius 1 is 1.35 bits per heavy atom. The molecule has 1 rings (SSSR count). The van der Waals surface area contributed by atoms with E-state index in [4.69, 9.17) is 5.11 Å². The normalized spacial score (nSPS) is 17.6. The third kappa shape index (κ3) is 3.94. The Bertz CT molecular complexity index is 433. The Balaban J connectivity index is 2.47. The highest BCUT2D eigenvalue weighted by Gasteiger charge is 2.43. The molecular weight excluding hydrogens is 266 g/mol. The van der Waals surface area contributed by atoms with E-state index in [1.807, 2.05) is 0 Å². The zero-order valence-electron chi connectivity index (χ0n) is 11.6. The first-order valence-corrected chi connectivity index (χ1v) is 6.36. The number of amides is 4. The molecule has 1 fully saturated rings. The zero-order valence-corrected chi connectivity index (χ0v) is 11.6. The van der Waals surface area contributed by atoms with Crippen LogP contribution in [0.2, 0.25) is 0 Å². The first kappa shape index (κ1) is 15.9. The van der Waals surface area contributed by atoms with Crippen LogP contribution in [0.5, 0.6) is 0 Å². The van der Waals surface area contributed by atoms with Gasteiger partial charge in [0.25, 0.3) is 5.91 Å². The Labute approximate surface area is 116 Å². The number of aliphatic carboxylic acids is 1. The fourth-order valence-corrected chi connectivity index (χ4v) is 1.80. The van der Waals surface area contributed by atoms with E-state index in [0.29, 0.717) is 19.4 Å². The summed E-state index contributed by atoms with van der Waals surface area (Å²) in [5, 5.41) is 13.2. The number of piperazine rings is 1. The van der Waals surface area contributed by atoms with Gasteiger partial charge in [0.1, 0.15) is 12.1 Å². The molecule has 8 heteroatoms. The van der Waals surface area contributed by atoms with Crippen LogP contribution in [-0.4, -0.2) is 52.4 Å². The van der Waals surface area contributed by atoms with Crippen LogP contribution in [0.4, 0.5) is 4.79 Å². The maximum Gasteiger partial charge on any atom is 0.318 e. The van der Waals surface area contributed by atoms with Crippen LogP contribution in [-0.2, 0) is 14.4 Å². The second-order valence-electron chi connectivity index (χ2n) is 5.11. The average Bonchev–Trinajstić information content (AvgIpc) is 2.33. The third-order valence-corrected chi connectivity index (χ3v) is 3.12. The number of unbranched alkanes of at least 4 members (excludes halogenated alkanes) is 1. The summed E-state index contributed by atoms with van der Waals surface area (Å²) in [7, 11) is 0. The molecule has 8 nitrogen and oxygen atoms in total. The van der Waals surface area contributed by atoms with Gasteiger partial charge in [-0.1, -0.05) is 0 Å². The highest BCUT2D eigenvalue weighted by molar-refractivity contribution is 6.05. The fraction of sp³-hybridized carbons (Fsp3) is 0.667. The lowest BCUT2D eigenvalue weighted by atomic mass is 9.99. The molecule has 0 bridgehead atoms. The maximum absolute atomic E-state index is 12.0. The van der Waals surface area contributed by atoms with Crippen molar-refractivity contribution in [2.75, 3.05) is 13.1 Å². The van der Waals surface area contributed by atoms with Gasteiger partial charge >= 0.3 is 12.0 Å². The number of nitrogens with one attached hydrogen (secondary N) is 2. The largest absolute Gasteiger partial charge is 0.481 e. The zero-order chi connectivity index (χ0) is 15.3. The molecule has 1 aliphatic heterocycles. The lowest BCUT2D eigenvalue weighted by molar-refractivity contribution is -0.143. The van der Waals surface area contributed by atoms with Crippen LogP contribution in [0, 0.1) is 0 Å². The van der Waals surface area contributed by atoms with Crippen LogP contribution in [0.1, 0.15) is 33.1 Å². The number of rotatable bonds is 5. The molecule has 0 unspecified atom stereocenters. The van der Waals surface area contributed by atoms with Gasteiger partial charge in [0, 0.05) is 13.0 Å². The molecule has 1 saturated heterocycles. The average molecular weight is 285 g/mol. The molecule has 3 N–H and O–H groups in total. The smallest absolute Gasteiger partial charge is 0.318 e. The van der Waals surface area contributed by atoms with Crippen molar-refractivity contribution in [3.05, 3.63) is 0 Å². The Morgan fingerprint density at radius 3 is 2.60 bits per heavy atom. The second kappa shape index (κ2) is 6.36. The summed E-state index contributed by atoms with van der Waals surface area (Å²) in [6, 6.07) is -0.506. The van der Waals surface area contributed by atoms with Crippen molar-refractivity contribution in [3.8, 4) is 0 Å². The summed E-state index contributed by atoms with van der Waals surface area (Å²) in [5.74, 6) is -1.92. The van der Waals surface area contributed by atoms with Gasteiger partial charge in [-0.25, -0.2) is 4.79 Å². The predicted molar refractivity (Wildman–Crippen MR) is 68.8 cm³/mol. The summed E-state index contributed by atoms with van der Waals surface area (Å²) < 4.78 is 0. The van der Waals surface area contributed by atoms with Crippen molar-refractivity contribution in [1.29, 1.82) is 0 Å². The van der Waals surface area contributed by atoms with Gasteiger partial charge in [-0.15, -0.1) is 0 Å². The number of carbonyl (C=O) groups is 4. The molecular formula is C12H19N3O5. The molecule has 0 saturated carbocycles. The molecule has 0 aliphatic carbocycles. The van der Waals surface area contributed by atoms with E-state index in [1.54, 1.807) is 13.8 Å². The SMILES string of the molecule is CC1(C)C(=O)NC(=O)CN1C(=O)NCCCCC(=O)O. The van der Waals surface area contributed by atoms with E-state index in [-0.39, 0.29) is 13.0 Å². The molecule has 4 amide bonds. The molecule has 1 aliphatic rings. The van der Waals surface area contributed by atoms with Gasteiger partial charge in [-0.2, -0.15) is 0 Å². The molecule has 0 radical (unpaired) electrons. The summed E-state index contributed by atoms with van der Waals surface area (Å²) in [5.41, 5.74) is -1.10. The van der Waals surface area contributed by atoms with Crippen molar-refractivity contribution < 1.29 is 24.3 Å². The standard InChI is InChI=1S/C12H19N3O5/c1-12(2)10(19)14-8(16)7-15(12)11(20)13-6-4-3-5-9(17)18/h3-7H2,1-2H3,(H,13,20)(H,17,18)(H,14,16,19). The summed E-state index contributed by atoms with van der Waals surface area (Å²) >= 11 is 0. The Hall–Kier alpha value is -2.12. The lowest BCUT2D eigenvalue weighted by Gasteiger charge is -2.39. The number of carboxylic acids is 1. The third-order valence-electron chi connectivity index (χ3n) is 3.12. The van der Waals surface area contributed by atoms with Crippen molar-refractivity contribution >= 4 is 23.8 Å². The summed E-state index contributed by atoms with van der Waals surface area (Å²) in [6.45, 7) is 3.23. The number of imide groups is 1. The first-order chi connectivity index (χ1) is 9.25. The van der Waals surface area contributed by atoms with Gasteiger partial charge in [-0.05, 0) is 26.7 Å². The number of hydrogen-bond donors (Lipinski definition) is 3. The molecule has 0 aromatic carbocycles. The number of carbonyl (C=O) groups excluding carboxylic acids is 3. The Kier molecular flexibility index (Phi) is 5.06. The summed E-state index contributed by atoms with van der Waals surface area (Å²) in [6.07, 6.45) is 1.02. The molecule has 0 atom stereocenters. The van der Waals surface area contributed by atoms with Gasteiger partial charge in [0.05, 0.1) is 0 Å². The van der Waals surface area contributed by atoms with E-state index in [9.17, 15) is 19.2 Å². The minimum absolute atomic E-state index is 0.0476. The molecule has 0 aromatic heterocycles. The number of carboxylic acid groups (broad SMARTS) is 1. The number of urea groups is 1. The highest BCUT2D eigenvalue weighted by Crippen LogP contribution is 2.17. The van der Waals surface area contributed by atoms with Gasteiger partial charge in [-0.3, -0.25) is 19.7 Å². The maximum atomic E-state index is 12.0. The van der Waals surface area contributed by atoms with Crippen LogP contribution in [0.3, 0.4) is 0 Å². The molecule has 1 heterocycles. The van der Waals surface area contributed by atoms with Gasteiger partial charge < -0.3 is 15.3 Å². The van der Waals surface area contributed by atoms with Gasteiger partial charge in [0.2, 0.25) is 5.91 Å². The molecule has 0 aromatic rings. The predicted octanol–water partition coefficient (Wildman–Crippen LogP) is -0.312. The number of hydrogen-bond acceptors (Lipinski definition) is 4. The monoisotopic (exact) mass is 285 g/mol. The van der Waals surface area contributed by atoms with Crippen LogP contribution in [0.15, 0.2) is 0 Å². The quantitative estimate of drug-likeness (QED) is 0.473. The van der Waals surface area contributed by atoms with E-state index in [2.05, 4.69) is 10.6 Å². The first-order valence-electron chi connectivity index (χ1n) is 6.36. The minimum atomic E-state index is -1.10. The molecule has 0 spiro atoms. The van der Waals surface area contributed by atoms with Crippen LogP contribution >= 0.6 is 0 Å². The minimum Gasteiger partial charge on any atom is -0.481 e. The topological polar surface area (TPSA) is 116 Å². The number of nitrogens with zero attached hydrogens (tertiary/aromatic N) is 1. The van der Waals surface area contributed by atoms with Crippen molar-refractivity contribution in [2.24, 2.45) is 0 Å². The highest BCUT2D eigenvalue weighted by atomic mass is 16.4. The second-order valence-corrected chi connectivity index (χ2v) is 5.11. The van der Waals surface area contributed by atoms with Gasteiger partial charge in [0.15, 0.2) is 0 Å².